The van der Waals surface area contributed by atoms with Crippen molar-refractivity contribution in [3.8, 4) is 5.75 Å². The SMILES string of the molecule is CCOC(=O)COCCOc1ccc(C(=C(CCCl)c2ccccc2)c2ccccc2)cc1. The summed E-state index contributed by atoms with van der Waals surface area (Å²) >= 11 is 6.22. The van der Waals surface area contributed by atoms with Crippen molar-refractivity contribution in [2.75, 3.05) is 32.3 Å². The number of carbonyl (C=O) groups is 1. The predicted octanol–water partition coefficient (Wildman–Crippen LogP) is 6.23. The predicted molar refractivity (Wildman–Crippen MR) is 134 cm³/mol. The van der Waals surface area contributed by atoms with Crippen LogP contribution in [0.3, 0.4) is 0 Å². The maximum Gasteiger partial charge on any atom is 0.332 e. The highest BCUT2D eigenvalue weighted by Crippen LogP contribution is 2.35. The third kappa shape index (κ3) is 7.48. The number of rotatable bonds is 12. The highest BCUT2D eigenvalue weighted by Gasteiger charge is 2.14. The number of alkyl halides is 1. The van der Waals surface area contributed by atoms with E-state index >= 15 is 0 Å². The van der Waals surface area contributed by atoms with Crippen LogP contribution in [0.15, 0.2) is 84.9 Å². The Kier molecular flexibility index (Phi) is 10.0. The molecule has 33 heavy (non-hydrogen) atoms. The minimum absolute atomic E-state index is 0.0653. The molecule has 3 aromatic rings. The Labute approximate surface area is 200 Å². The maximum atomic E-state index is 11.3. The van der Waals surface area contributed by atoms with E-state index in [1.807, 2.05) is 48.5 Å². The van der Waals surface area contributed by atoms with E-state index in [2.05, 4.69) is 36.4 Å². The smallest absolute Gasteiger partial charge is 0.332 e. The Hall–Kier alpha value is -3.08. The van der Waals surface area contributed by atoms with Crippen LogP contribution in [0.5, 0.6) is 5.75 Å². The first kappa shape index (κ1) is 24.6. The summed E-state index contributed by atoms with van der Waals surface area (Å²) in [6.07, 6.45) is 0.756. The van der Waals surface area contributed by atoms with Gasteiger partial charge in [0, 0.05) is 5.88 Å². The molecule has 0 N–H and O–H groups in total. The quantitative estimate of drug-likeness (QED) is 0.138. The summed E-state index contributed by atoms with van der Waals surface area (Å²) in [5.74, 6) is 0.908. The van der Waals surface area contributed by atoms with Crippen LogP contribution in [0.2, 0.25) is 0 Å². The molecule has 0 unspecified atom stereocenters. The fourth-order valence-corrected chi connectivity index (χ4v) is 3.75. The highest BCUT2D eigenvalue weighted by atomic mass is 35.5. The van der Waals surface area contributed by atoms with Crippen LogP contribution in [-0.2, 0) is 14.3 Å². The molecule has 0 amide bonds. The number of ether oxygens (including phenoxy) is 3. The van der Waals surface area contributed by atoms with Crippen molar-refractivity contribution in [1.29, 1.82) is 0 Å². The Balaban J connectivity index is 1.79. The van der Waals surface area contributed by atoms with E-state index in [1.54, 1.807) is 6.92 Å². The highest BCUT2D eigenvalue weighted by molar-refractivity contribution is 6.18. The zero-order chi connectivity index (χ0) is 23.3. The summed E-state index contributed by atoms with van der Waals surface area (Å²) in [6, 6.07) is 28.8. The molecule has 0 atom stereocenters. The lowest BCUT2D eigenvalue weighted by Crippen LogP contribution is -2.15. The molecule has 0 radical (unpaired) electrons. The van der Waals surface area contributed by atoms with E-state index in [0.717, 1.165) is 34.4 Å². The molecular formula is C28H29ClO4. The third-order valence-electron chi connectivity index (χ3n) is 5.00. The minimum Gasteiger partial charge on any atom is -0.491 e. The first-order chi connectivity index (χ1) is 16.2. The van der Waals surface area contributed by atoms with Gasteiger partial charge in [0.2, 0.25) is 0 Å². The average Bonchev–Trinajstić information content (AvgIpc) is 2.86. The number of benzene rings is 3. The lowest BCUT2D eigenvalue weighted by molar-refractivity contribution is -0.148. The average molecular weight is 465 g/mol. The molecule has 0 fully saturated rings. The normalized spacial score (nSPS) is 11.6. The first-order valence-corrected chi connectivity index (χ1v) is 11.6. The standard InChI is InChI=1S/C28H29ClO4/c1-2-32-27(30)21-31-19-20-33-25-15-13-24(14-16-25)28(23-11-7-4-8-12-23)26(17-18-29)22-9-5-3-6-10-22/h3-16H,2,17-21H2,1H3. The zero-order valence-corrected chi connectivity index (χ0v) is 19.6. The first-order valence-electron chi connectivity index (χ1n) is 11.1. The lowest BCUT2D eigenvalue weighted by Gasteiger charge is -2.17. The summed E-state index contributed by atoms with van der Waals surface area (Å²) < 4.78 is 15.9. The maximum absolute atomic E-state index is 11.3. The molecule has 0 saturated carbocycles. The van der Waals surface area contributed by atoms with Gasteiger partial charge in [0.05, 0.1) is 13.2 Å². The molecular weight excluding hydrogens is 436 g/mol. The van der Waals surface area contributed by atoms with Gasteiger partial charge in [-0.2, -0.15) is 0 Å². The fourth-order valence-electron chi connectivity index (χ4n) is 3.56. The molecule has 0 aliphatic carbocycles. The van der Waals surface area contributed by atoms with E-state index in [4.69, 9.17) is 25.8 Å². The second kappa shape index (κ2) is 13.5. The van der Waals surface area contributed by atoms with Crippen LogP contribution >= 0.6 is 11.6 Å². The van der Waals surface area contributed by atoms with Gasteiger partial charge in [-0.15, -0.1) is 11.6 Å². The van der Waals surface area contributed by atoms with Gasteiger partial charge in [-0.05, 0) is 53.3 Å². The third-order valence-corrected chi connectivity index (χ3v) is 5.18. The van der Waals surface area contributed by atoms with Crippen molar-refractivity contribution in [2.45, 2.75) is 13.3 Å². The van der Waals surface area contributed by atoms with Gasteiger partial charge < -0.3 is 14.2 Å². The van der Waals surface area contributed by atoms with Gasteiger partial charge in [-0.1, -0.05) is 72.8 Å². The molecule has 4 nitrogen and oxygen atoms in total. The van der Waals surface area contributed by atoms with Crippen LogP contribution in [-0.4, -0.2) is 38.3 Å². The summed E-state index contributed by atoms with van der Waals surface area (Å²) in [4.78, 5) is 11.3. The van der Waals surface area contributed by atoms with Crippen LogP contribution < -0.4 is 4.74 Å². The molecule has 0 saturated heterocycles. The Morgan fingerprint density at radius 3 is 2.00 bits per heavy atom. The molecule has 3 rings (SSSR count). The van der Waals surface area contributed by atoms with Gasteiger partial charge in [0.25, 0.3) is 0 Å². The Morgan fingerprint density at radius 2 is 1.39 bits per heavy atom. The monoisotopic (exact) mass is 464 g/mol. The van der Waals surface area contributed by atoms with E-state index in [1.165, 1.54) is 5.57 Å². The molecule has 3 aromatic carbocycles. The van der Waals surface area contributed by atoms with Crippen molar-refractivity contribution < 1.29 is 19.0 Å². The largest absolute Gasteiger partial charge is 0.491 e. The molecule has 0 heterocycles. The Morgan fingerprint density at radius 1 is 0.788 bits per heavy atom. The number of halogens is 1. The van der Waals surface area contributed by atoms with Crippen molar-refractivity contribution in [1.82, 2.24) is 0 Å². The molecule has 0 aliphatic heterocycles. The number of esters is 1. The van der Waals surface area contributed by atoms with Gasteiger partial charge in [0.1, 0.15) is 19.0 Å². The molecule has 0 aliphatic rings. The van der Waals surface area contributed by atoms with Crippen LogP contribution in [0.1, 0.15) is 30.0 Å². The van der Waals surface area contributed by atoms with Gasteiger partial charge in [0.15, 0.2) is 0 Å². The summed E-state index contributed by atoms with van der Waals surface area (Å²) in [5, 5.41) is 0. The van der Waals surface area contributed by atoms with Crippen molar-refractivity contribution in [3.05, 3.63) is 102 Å². The van der Waals surface area contributed by atoms with Crippen molar-refractivity contribution in [3.63, 3.8) is 0 Å². The number of hydrogen-bond donors (Lipinski definition) is 0. The summed E-state index contributed by atoms with van der Waals surface area (Å²) in [7, 11) is 0. The summed E-state index contributed by atoms with van der Waals surface area (Å²) in [6.45, 7) is 2.71. The van der Waals surface area contributed by atoms with Crippen LogP contribution in [0.25, 0.3) is 11.1 Å². The number of allylic oxidation sites excluding steroid dienone is 1. The second-order valence-electron chi connectivity index (χ2n) is 7.26. The number of carbonyl (C=O) groups excluding carboxylic acids is 1. The second-order valence-corrected chi connectivity index (χ2v) is 7.63. The molecule has 0 aromatic heterocycles. The van der Waals surface area contributed by atoms with Crippen molar-refractivity contribution in [2.24, 2.45) is 0 Å². The Bertz CT molecular complexity index is 1010. The van der Waals surface area contributed by atoms with E-state index < -0.39 is 0 Å². The fraction of sp³-hybridized carbons (Fsp3) is 0.250. The van der Waals surface area contributed by atoms with E-state index in [-0.39, 0.29) is 12.6 Å². The number of hydrogen-bond acceptors (Lipinski definition) is 4. The minimum atomic E-state index is -0.367. The zero-order valence-electron chi connectivity index (χ0n) is 18.8. The van der Waals surface area contributed by atoms with Crippen LogP contribution in [0, 0.1) is 0 Å². The van der Waals surface area contributed by atoms with Gasteiger partial charge >= 0.3 is 5.97 Å². The van der Waals surface area contributed by atoms with Crippen LogP contribution in [0.4, 0.5) is 0 Å². The molecule has 5 heteroatoms. The van der Waals surface area contributed by atoms with E-state index in [9.17, 15) is 4.79 Å². The van der Waals surface area contributed by atoms with Gasteiger partial charge in [-0.3, -0.25) is 0 Å². The summed E-state index contributed by atoms with van der Waals surface area (Å²) in [5.41, 5.74) is 5.76. The lowest BCUT2D eigenvalue weighted by atomic mass is 9.88. The molecule has 0 bridgehead atoms. The molecule has 0 spiro atoms. The topological polar surface area (TPSA) is 44.8 Å². The molecule has 172 valence electrons. The van der Waals surface area contributed by atoms with Gasteiger partial charge in [-0.25, -0.2) is 4.79 Å². The van der Waals surface area contributed by atoms with E-state index in [0.29, 0.717) is 25.7 Å². The van der Waals surface area contributed by atoms with Crippen molar-refractivity contribution >= 4 is 28.7 Å².